The minimum atomic E-state index is -3.53. The molecule has 1 aliphatic rings. The van der Waals surface area contributed by atoms with Gasteiger partial charge >= 0.3 is 10.1 Å². The number of rotatable bonds is 2. The molecule has 0 bridgehead atoms. The van der Waals surface area contributed by atoms with Crippen LogP contribution in [0.5, 0.6) is 11.5 Å². The summed E-state index contributed by atoms with van der Waals surface area (Å²) in [5.41, 5.74) is 0.972. The van der Waals surface area contributed by atoms with E-state index in [1.54, 1.807) is 6.07 Å². The van der Waals surface area contributed by atoms with Crippen molar-refractivity contribution in [3.63, 3.8) is 0 Å². The quantitative estimate of drug-likeness (QED) is 0.785. The van der Waals surface area contributed by atoms with Crippen molar-refractivity contribution in [1.82, 2.24) is 0 Å². The smallest absolute Gasteiger partial charge is 0.306 e. The molecule has 2 rings (SSSR count). The Balaban J connectivity index is 2.47. The third-order valence-electron chi connectivity index (χ3n) is 2.17. The van der Waals surface area contributed by atoms with Crippen LogP contribution in [-0.2, 0) is 16.5 Å². The zero-order valence-electron chi connectivity index (χ0n) is 8.70. The molecule has 0 spiro atoms. The predicted molar refractivity (Wildman–Crippen MR) is 63.4 cm³/mol. The van der Waals surface area contributed by atoms with Crippen LogP contribution in [0.3, 0.4) is 0 Å². The molecule has 0 amide bonds. The van der Waals surface area contributed by atoms with Crippen molar-refractivity contribution in [2.75, 3.05) is 12.9 Å². The van der Waals surface area contributed by atoms with E-state index in [2.05, 4.69) is 15.9 Å². The molecule has 6 heteroatoms. The van der Waals surface area contributed by atoms with Gasteiger partial charge in [-0.3, -0.25) is 0 Å². The summed E-state index contributed by atoms with van der Waals surface area (Å²) in [6, 6.07) is 3.52. The largest absolute Gasteiger partial charge is 0.489 e. The van der Waals surface area contributed by atoms with Gasteiger partial charge in [0.05, 0.1) is 12.9 Å². The third-order valence-corrected chi connectivity index (χ3v) is 3.11. The topological polar surface area (TPSA) is 52.6 Å². The fourth-order valence-corrected chi connectivity index (χ4v) is 2.57. The Kier molecular flexibility index (Phi) is 3.12. The lowest BCUT2D eigenvalue weighted by molar-refractivity contribution is 0.279. The average Bonchev–Trinajstić information content (AvgIpc) is 2.14. The molecule has 1 aromatic carbocycles. The lowest BCUT2D eigenvalue weighted by Crippen LogP contribution is -2.12. The van der Waals surface area contributed by atoms with Gasteiger partial charge in [0.1, 0.15) is 0 Å². The summed E-state index contributed by atoms with van der Waals surface area (Å²) in [4.78, 5) is 0. The molecule has 0 N–H and O–H groups in total. The molecule has 0 saturated carbocycles. The second-order valence-electron chi connectivity index (χ2n) is 3.63. The Morgan fingerprint density at radius 2 is 2.19 bits per heavy atom. The molecule has 0 unspecified atom stereocenters. The lowest BCUT2D eigenvalue weighted by Gasteiger charge is -2.20. The molecule has 0 saturated heterocycles. The Morgan fingerprint density at radius 1 is 1.44 bits per heavy atom. The monoisotopic (exact) mass is 306 g/mol. The van der Waals surface area contributed by atoms with Crippen LogP contribution >= 0.6 is 15.9 Å². The Bertz CT molecular complexity index is 510. The zero-order chi connectivity index (χ0) is 11.8. The van der Waals surface area contributed by atoms with Gasteiger partial charge in [-0.05, 0) is 24.5 Å². The first kappa shape index (κ1) is 11.7. The molecule has 0 aromatic heterocycles. The molecule has 1 aromatic rings. The maximum Gasteiger partial charge on any atom is 0.306 e. The number of hydrogen-bond donors (Lipinski definition) is 0. The normalized spacial score (nSPS) is 15.1. The maximum absolute atomic E-state index is 11.1. The molecule has 1 aliphatic heterocycles. The first-order chi connectivity index (χ1) is 7.46. The SMILES string of the molecule is CS(=O)(=O)Oc1cc(Br)cc2c1OCCC2. The van der Waals surface area contributed by atoms with Crippen LogP contribution in [0.15, 0.2) is 16.6 Å². The molecule has 0 aliphatic carbocycles. The Labute approximate surface area is 103 Å². The summed E-state index contributed by atoms with van der Waals surface area (Å²) >= 11 is 3.32. The minimum Gasteiger partial charge on any atom is -0.489 e. The molecule has 1 heterocycles. The van der Waals surface area contributed by atoms with Gasteiger partial charge in [0, 0.05) is 10.5 Å². The van der Waals surface area contributed by atoms with Gasteiger partial charge < -0.3 is 8.92 Å². The molecular formula is C10H11BrO4S. The highest BCUT2D eigenvalue weighted by Gasteiger charge is 2.19. The molecular weight excluding hydrogens is 296 g/mol. The lowest BCUT2D eigenvalue weighted by atomic mass is 10.1. The number of aryl methyl sites for hydroxylation is 1. The summed E-state index contributed by atoms with van der Waals surface area (Å²) in [7, 11) is -3.53. The summed E-state index contributed by atoms with van der Waals surface area (Å²) in [5.74, 6) is 0.798. The van der Waals surface area contributed by atoms with Crippen LogP contribution < -0.4 is 8.92 Å². The van der Waals surface area contributed by atoms with Gasteiger partial charge in [-0.15, -0.1) is 0 Å². The van der Waals surface area contributed by atoms with E-state index in [4.69, 9.17) is 8.92 Å². The zero-order valence-corrected chi connectivity index (χ0v) is 11.1. The molecule has 0 fully saturated rings. The highest BCUT2D eigenvalue weighted by Crippen LogP contribution is 2.38. The van der Waals surface area contributed by atoms with Gasteiger partial charge in [-0.25, -0.2) is 0 Å². The number of halogens is 1. The van der Waals surface area contributed by atoms with E-state index >= 15 is 0 Å². The Hall–Kier alpha value is -0.750. The maximum atomic E-state index is 11.1. The van der Waals surface area contributed by atoms with Gasteiger partial charge in [0.2, 0.25) is 0 Å². The van der Waals surface area contributed by atoms with E-state index in [1.165, 1.54) is 0 Å². The van der Waals surface area contributed by atoms with Crippen molar-refractivity contribution in [3.8, 4) is 11.5 Å². The van der Waals surface area contributed by atoms with E-state index in [-0.39, 0.29) is 5.75 Å². The van der Waals surface area contributed by atoms with Crippen molar-refractivity contribution in [2.24, 2.45) is 0 Å². The van der Waals surface area contributed by atoms with Crippen molar-refractivity contribution in [3.05, 3.63) is 22.2 Å². The second kappa shape index (κ2) is 4.25. The summed E-state index contributed by atoms with van der Waals surface area (Å²) in [6.45, 7) is 0.592. The number of hydrogen-bond acceptors (Lipinski definition) is 4. The van der Waals surface area contributed by atoms with E-state index in [0.717, 1.165) is 29.1 Å². The van der Waals surface area contributed by atoms with Crippen LogP contribution in [0.1, 0.15) is 12.0 Å². The van der Waals surface area contributed by atoms with Crippen molar-refractivity contribution in [2.45, 2.75) is 12.8 Å². The highest BCUT2D eigenvalue weighted by atomic mass is 79.9. The fraction of sp³-hybridized carbons (Fsp3) is 0.400. The van der Waals surface area contributed by atoms with Gasteiger partial charge in [-0.1, -0.05) is 15.9 Å². The third kappa shape index (κ3) is 2.68. The molecule has 0 atom stereocenters. The van der Waals surface area contributed by atoms with Crippen LogP contribution in [0.4, 0.5) is 0 Å². The molecule has 0 radical (unpaired) electrons. The highest BCUT2D eigenvalue weighted by molar-refractivity contribution is 9.10. The molecule has 88 valence electrons. The van der Waals surface area contributed by atoms with E-state index < -0.39 is 10.1 Å². The number of benzene rings is 1. The molecule has 16 heavy (non-hydrogen) atoms. The van der Waals surface area contributed by atoms with E-state index in [0.29, 0.717) is 12.4 Å². The first-order valence-electron chi connectivity index (χ1n) is 4.80. The minimum absolute atomic E-state index is 0.256. The van der Waals surface area contributed by atoms with E-state index in [1.807, 2.05) is 6.07 Å². The van der Waals surface area contributed by atoms with Crippen molar-refractivity contribution < 1.29 is 17.3 Å². The number of fused-ring (bicyclic) bond motifs is 1. The van der Waals surface area contributed by atoms with Crippen molar-refractivity contribution in [1.29, 1.82) is 0 Å². The Morgan fingerprint density at radius 3 is 2.88 bits per heavy atom. The van der Waals surface area contributed by atoms with Gasteiger partial charge in [0.25, 0.3) is 0 Å². The van der Waals surface area contributed by atoms with Crippen molar-refractivity contribution >= 4 is 26.0 Å². The summed E-state index contributed by atoms with van der Waals surface area (Å²) < 4.78 is 33.3. The fourth-order valence-electron chi connectivity index (χ4n) is 1.63. The van der Waals surface area contributed by atoms with Gasteiger partial charge in [0.15, 0.2) is 11.5 Å². The van der Waals surface area contributed by atoms with Crippen LogP contribution in [0, 0.1) is 0 Å². The number of ether oxygens (including phenoxy) is 1. The van der Waals surface area contributed by atoms with Crippen LogP contribution in [0.25, 0.3) is 0 Å². The van der Waals surface area contributed by atoms with E-state index in [9.17, 15) is 8.42 Å². The first-order valence-corrected chi connectivity index (χ1v) is 7.41. The molecule has 4 nitrogen and oxygen atoms in total. The predicted octanol–water partition coefficient (Wildman–Crippen LogP) is 2.11. The van der Waals surface area contributed by atoms with Gasteiger partial charge in [-0.2, -0.15) is 8.42 Å². The van der Waals surface area contributed by atoms with Crippen LogP contribution in [0.2, 0.25) is 0 Å². The second-order valence-corrected chi connectivity index (χ2v) is 6.12. The van der Waals surface area contributed by atoms with Crippen LogP contribution in [-0.4, -0.2) is 21.3 Å². The standard InChI is InChI=1S/C10H11BrO4S/c1-16(12,13)15-9-6-8(11)5-7-3-2-4-14-10(7)9/h5-6H,2-4H2,1H3. The summed E-state index contributed by atoms with van der Waals surface area (Å²) in [6.07, 6.45) is 2.82. The average molecular weight is 307 g/mol. The summed E-state index contributed by atoms with van der Waals surface area (Å²) in [5, 5.41) is 0.